The zero-order chi connectivity index (χ0) is 20.4. The van der Waals surface area contributed by atoms with Crippen molar-refractivity contribution in [1.82, 2.24) is 4.90 Å². The number of carbonyl (C=O) groups is 2. The van der Waals surface area contributed by atoms with E-state index in [4.69, 9.17) is 27.9 Å². The van der Waals surface area contributed by atoms with Gasteiger partial charge in [-0.25, -0.2) is 4.79 Å². The molecule has 0 aliphatic carbocycles. The second kappa shape index (κ2) is 9.21. The van der Waals surface area contributed by atoms with E-state index in [9.17, 15) is 9.59 Å². The van der Waals surface area contributed by atoms with E-state index in [1.54, 1.807) is 12.1 Å². The van der Waals surface area contributed by atoms with Gasteiger partial charge in [-0.05, 0) is 48.7 Å². The summed E-state index contributed by atoms with van der Waals surface area (Å²) in [6.07, 6.45) is 1.30. The summed E-state index contributed by atoms with van der Waals surface area (Å²) in [4.78, 5) is 27.2. The molecule has 2 aromatic carbocycles. The number of hydrogen-bond acceptors (Lipinski definition) is 5. The van der Waals surface area contributed by atoms with Gasteiger partial charge < -0.3 is 9.64 Å². The Morgan fingerprint density at radius 3 is 2.48 bits per heavy atom. The fourth-order valence-corrected chi connectivity index (χ4v) is 6.73. The first-order chi connectivity index (χ1) is 14.0. The highest BCUT2D eigenvalue weighted by Gasteiger charge is 2.36. The minimum atomic E-state index is -0.627. The molecule has 1 unspecified atom stereocenters. The second-order valence-electron chi connectivity index (χ2n) is 6.84. The minimum Gasteiger partial charge on any atom is -0.425 e. The SMILES string of the molecule is O=C(Oc1ccc(C2SCCS2)cc1)C1CCCN1C(=O)c1cc(Cl)ccc1Cl. The highest BCUT2D eigenvalue weighted by Crippen LogP contribution is 2.45. The Kier molecular flexibility index (Phi) is 6.64. The molecule has 2 saturated heterocycles. The molecule has 0 saturated carbocycles. The van der Waals surface area contributed by atoms with E-state index in [1.165, 1.54) is 16.5 Å². The summed E-state index contributed by atoms with van der Waals surface area (Å²) in [5.41, 5.74) is 1.53. The molecule has 29 heavy (non-hydrogen) atoms. The molecule has 1 atom stereocenters. The van der Waals surface area contributed by atoms with E-state index in [1.807, 2.05) is 47.8 Å². The second-order valence-corrected chi connectivity index (χ2v) is 10.4. The molecule has 2 fully saturated rings. The maximum absolute atomic E-state index is 12.9. The van der Waals surface area contributed by atoms with Gasteiger partial charge in [0.2, 0.25) is 0 Å². The van der Waals surface area contributed by atoms with Crippen molar-refractivity contribution in [3.8, 4) is 5.75 Å². The van der Waals surface area contributed by atoms with Gasteiger partial charge in [0.25, 0.3) is 5.91 Å². The van der Waals surface area contributed by atoms with Crippen LogP contribution in [0.3, 0.4) is 0 Å². The van der Waals surface area contributed by atoms with E-state index in [0.29, 0.717) is 38.9 Å². The number of esters is 1. The number of rotatable bonds is 4. The third-order valence-electron chi connectivity index (χ3n) is 4.94. The summed E-state index contributed by atoms with van der Waals surface area (Å²) in [5.74, 6) is 2.09. The number of hydrogen-bond donors (Lipinski definition) is 0. The number of carbonyl (C=O) groups excluding carboxylic acids is 2. The van der Waals surface area contributed by atoms with Crippen LogP contribution in [0, 0.1) is 0 Å². The Morgan fingerprint density at radius 1 is 1.03 bits per heavy atom. The monoisotopic (exact) mass is 467 g/mol. The Balaban J connectivity index is 1.45. The predicted molar refractivity (Wildman–Crippen MR) is 120 cm³/mol. The Bertz CT molecular complexity index is 917. The van der Waals surface area contributed by atoms with Crippen LogP contribution < -0.4 is 4.74 Å². The molecular weight excluding hydrogens is 449 g/mol. The molecule has 8 heteroatoms. The average Bonchev–Trinajstić information content (AvgIpc) is 3.42. The zero-order valence-corrected chi connectivity index (χ0v) is 18.6. The molecule has 0 bridgehead atoms. The van der Waals surface area contributed by atoms with Crippen molar-refractivity contribution in [2.24, 2.45) is 0 Å². The van der Waals surface area contributed by atoms with Crippen LogP contribution in [0.1, 0.15) is 33.3 Å². The summed E-state index contributed by atoms with van der Waals surface area (Å²) in [6, 6.07) is 11.8. The van der Waals surface area contributed by atoms with Crippen LogP contribution in [0.15, 0.2) is 42.5 Å². The normalized spacial score (nSPS) is 19.5. The van der Waals surface area contributed by atoms with Crippen LogP contribution in [0.5, 0.6) is 5.75 Å². The van der Waals surface area contributed by atoms with E-state index in [0.717, 1.165) is 17.9 Å². The number of halogens is 2. The summed E-state index contributed by atoms with van der Waals surface area (Å²) >= 11 is 16.0. The number of nitrogens with zero attached hydrogens (tertiary/aromatic N) is 1. The highest BCUT2D eigenvalue weighted by molar-refractivity contribution is 8.19. The van der Waals surface area contributed by atoms with Gasteiger partial charge in [-0.1, -0.05) is 35.3 Å². The lowest BCUT2D eigenvalue weighted by molar-refractivity contribution is -0.138. The molecule has 2 aliphatic rings. The lowest BCUT2D eigenvalue weighted by Crippen LogP contribution is -2.42. The average molecular weight is 468 g/mol. The van der Waals surface area contributed by atoms with E-state index < -0.39 is 12.0 Å². The number of amides is 1. The van der Waals surface area contributed by atoms with Gasteiger partial charge in [0.05, 0.1) is 15.2 Å². The first-order valence-corrected chi connectivity index (χ1v) is 12.2. The number of ether oxygens (including phenoxy) is 1. The quantitative estimate of drug-likeness (QED) is 0.427. The van der Waals surface area contributed by atoms with Crippen LogP contribution in [0.25, 0.3) is 0 Å². The third-order valence-corrected chi connectivity index (χ3v) is 8.61. The molecule has 0 spiro atoms. The van der Waals surface area contributed by atoms with Gasteiger partial charge in [0, 0.05) is 23.1 Å². The molecule has 0 N–H and O–H groups in total. The smallest absolute Gasteiger partial charge is 0.334 e. The third kappa shape index (κ3) is 4.71. The summed E-state index contributed by atoms with van der Waals surface area (Å²) < 4.78 is 6.03. The molecular formula is C21H19Cl2NO3S2. The topological polar surface area (TPSA) is 46.6 Å². The Labute approximate surface area is 188 Å². The fraction of sp³-hybridized carbons (Fsp3) is 0.333. The van der Waals surface area contributed by atoms with Gasteiger partial charge in [-0.3, -0.25) is 4.79 Å². The molecule has 0 radical (unpaired) electrons. The maximum atomic E-state index is 12.9. The van der Waals surface area contributed by atoms with Crippen molar-refractivity contribution in [3.05, 3.63) is 63.6 Å². The molecule has 4 nitrogen and oxygen atoms in total. The van der Waals surface area contributed by atoms with Crippen LogP contribution in [0.2, 0.25) is 10.0 Å². The highest BCUT2D eigenvalue weighted by atomic mass is 35.5. The number of likely N-dealkylation sites (tertiary alicyclic amines) is 1. The van der Waals surface area contributed by atoms with Crippen LogP contribution in [0.4, 0.5) is 0 Å². The molecule has 1 amide bonds. The van der Waals surface area contributed by atoms with Crippen LogP contribution in [-0.2, 0) is 4.79 Å². The molecule has 0 aromatic heterocycles. The lowest BCUT2D eigenvalue weighted by atomic mass is 10.1. The van der Waals surface area contributed by atoms with E-state index in [-0.39, 0.29) is 5.91 Å². The summed E-state index contributed by atoms with van der Waals surface area (Å²) in [5, 5.41) is 0.742. The first-order valence-electron chi connectivity index (χ1n) is 9.34. The standard InChI is InChI=1S/C21H19Cl2NO3S2/c22-14-5-8-17(23)16(12-14)19(25)24-9-1-2-18(24)20(26)27-15-6-3-13(4-7-15)21-28-10-11-29-21/h3-8,12,18,21H,1-2,9-11H2. The lowest BCUT2D eigenvalue weighted by Gasteiger charge is -2.23. The Hall–Kier alpha value is -1.34. The molecule has 152 valence electrons. The van der Waals surface area contributed by atoms with Gasteiger partial charge in [-0.2, -0.15) is 0 Å². The van der Waals surface area contributed by atoms with Crippen molar-refractivity contribution in [3.63, 3.8) is 0 Å². The fourth-order valence-electron chi connectivity index (χ4n) is 3.50. The Morgan fingerprint density at radius 2 is 1.76 bits per heavy atom. The summed E-state index contributed by atoms with van der Waals surface area (Å²) in [6.45, 7) is 0.483. The van der Waals surface area contributed by atoms with E-state index >= 15 is 0 Å². The van der Waals surface area contributed by atoms with Crippen molar-refractivity contribution in [2.75, 3.05) is 18.1 Å². The predicted octanol–water partition coefficient (Wildman–Crippen LogP) is 5.68. The van der Waals surface area contributed by atoms with Gasteiger partial charge in [0.1, 0.15) is 11.8 Å². The first kappa shape index (κ1) is 20.9. The van der Waals surface area contributed by atoms with Crippen molar-refractivity contribution >= 4 is 58.6 Å². The van der Waals surface area contributed by atoms with Gasteiger partial charge in [0.15, 0.2) is 0 Å². The molecule has 2 aliphatic heterocycles. The van der Waals surface area contributed by atoms with Crippen LogP contribution >= 0.6 is 46.7 Å². The van der Waals surface area contributed by atoms with Crippen molar-refractivity contribution < 1.29 is 14.3 Å². The van der Waals surface area contributed by atoms with Crippen molar-refractivity contribution in [2.45, 2.75) is 23.5 Å². The number of benzene rings is 2. The zero-order valence-electron chi connectivity index (χ0n) is 15.5. The van der Waals surface area contributed by atoms with Gasteiger partial charge in [-0.15, -0.1) is 23.5 Å². The van der Waals surface area contributed by atoms with Gasteiger partial charge >= 0.3 is 5.97 Å². The maximum Gasteiger partial charge on any atom is 0.334 e. The largest absolute Gasteiger partial charge is 0.425 e. The van der Waals surface area contributed by atoms with Crippen LogP contribution in [-0.4, -0.2) is 40.9 Å². The van der Waals surface area contributed by atoms with Crippen molar-refractivity contribution in [1.29, 1.82) is 0 Å². The van der Waals surface area contributed by atoms with E-state index in [2.05, 4.69) is 0 Å². The molecule has 2 aromatic rings. The number of thioether (sulfide) groups is 2. The molecule has 4 rings (SSSR count). The summed E-state index contributed by atoms with van der Waals surface area (Å²) in [7, 11) is 0. The minimum absolute atomic E-state index is 0.301. The molecule has 2 heterocycles.